The number of amides is 1. The molecule has 1 unspecified atom stereocenters. The van der Waals surface area contributed by atoms with Gasteiger partial charge in [0.15, 0.2) is 5.69 Å². The van der Waals surface area contributed by atoms with Gasteiger partial charge >= 0.3 is 5.97 Å². The maximum Gasteiger partial charge on any atom is 0.306 e. The van der Waals surface area contributed by atoms with E-state index in [1.807, 2.05) is 48.7 Å². The minimum absolute atomic E-state index is 0.0112. The fraction of sp³-hybridized carbons (Fsp3) is 0.346. The summed E-state index contributed by atoms with van der Waals surface area (Å²) in [7, 11) is 0. The highest BCUT2D eigenvalue weighted by molar-refractivity contribution is 6.04. The van der Waals surface area contributed by atoms with Gasteiger partial charge in [0.2, 0.25) is 0 Å². The Morgan fingerprint density at radius 1 is 1.18 bits per heavy atom. The topological polar surface area (TPSA) is 73.2 Å². The van der Waals surface area contributed by atoms with Crippen molar-refractivity contribution in [2.24, 2.45) is 0 Å². The van der Waals surface area contributed by atoms with Gasteiger partial charge in [-0.25, -0.2) is 9.37 Å². The molecule has 0 spiro atoms. The number of para-hydroxylation sites is 1. The first kappa shape index (κ1) is 22.7. The number of carbonyl (C=O) groups excluding carboxylic acids is 2. The van der Waals surface area contributed by atoms with Crippen molar-refractivity contribution >= 4 is 17.6 Å². The summed E-state index contributed by atoms with van der Waals surface area (Å²) in [5.41, 5.74) is 2.54. The first-order valence-corrected chi connectivity index (χ1v) is 11.3. The third-order valence-corrected chi connectivity index (χ3v) is 5.78. The van der Waals surface area contributed by atoms with E-state index in [0.717, 1.165) is 24.1 Å². The van der Waals surface area contributed by atoms with E-state index in [2.05, 4.69) is 5.32 Å². The molecule has 1 atom stereocenters. The van der Waals surface area contributed by atoms with E-state index in [1.54, 1.807) is 12.1 Å². The van der Waals surface area contributed by atoms with Crippen molar-refractivity contribution in [3.63, 3.8) is 0 Å². The maximum absolute atomic E-state index is 13.6. The molecule has 0 radical (unpaired) electrons. The van der Waals surface area contributed by atoms with Crippen LogP contribution in [0.1, 0.15) is 61.6 Å². The number of benzene rings is 2. The molecule has 3 aromatic rings. The number of imidazole rings is 1. The van der Waals surface area contributed by atoms with E-state index in [-0.39, 0.29) is 29.7 Å². The third kappa shape index (κ3) is 5.30. The normalized spacial score (nSPS) is 16.0. The van der Waals surface area contributed by atoms with Crippen molar-refractivity contribution in [1.82, 2.24) is 9.55 Å². The molecule has 33 heavy (non-hydrogen) atoms. The van der Waals surface area contributed by atoms with Crippen molar-refractivity contribution in [1.29, 1.82) is 0 Å². The Balaban J connectivity index is 1.71. The highest BCUT2D eigenvalue weighted by Gasteiger charge is 2.27. The number of esters is 1. The smallest absolute Gasteiger partial charge is 0.306 e. The van der Waals surface area contributed by atoms with Crippen molar-refractivity contribution in [3.05, 3.63) is 71.8 Å². The fourth-order valence-electron chi connectivity index (χ4n) is 4.23. The fourth-order valence-corrected chi connectivity index (χ4v) is 4.23. The highest BCUT2D eigenvalue weighted by atomic mass is 19.1. The molecule has 6 nitrogen and oxygen atoms in total. The third-order valence-electron chi connectivity index (χ3n) is 5.78. The molecule has 1 aliphatic heterocycles. The van der Waals surface area contributed by atoms with Gasteiger partial charge in [-0.05, 0) is 55.2 Å². The van der Waals surface area contributed by atoms with Crippen LogP contribution >= 0.6 is 0 Å². The second-order valence-corrected chi connectivity index (χ2v) is 8.60. The molecular formula is C26H28FN3O3. The molecule has 0 saturated carbocycles. The van der Waals surface area contributed by atoms with Gasteiger partial charge in [-0.15, -0.1) is 0 Å². The van der Waals surface area contributed by atoms with Crippen LogP contribution in [-0.2, 0) is 16.1 Å². The summed E-state index contributed by atoms with van der Waals surface area (Å²) < 4.78 is 21.1. The Labute approximate surface area is 192 Å². The lowest BCUT2D eigenvalue weighted by Crippen LogP contribution is -2.25. The Bertz CT molecular complexity index is 1120. The lowest BCUT2D eigenvalue weighted by molar-refractivity contribution is -0.154. The quantitative estimate of drug-likeness (QED) is 0.480. The molecule has 0 aliphatic carbocycles. The summed E-state index contributed by atoms with van der Waals surface area (Å²) in [6.45, 7) is 4.56. The molecule has 1 aromatic heterocycles. The van der Waals surface area contributed by atoms with Crippen LogP contribution in [0.2, 0.25) is 0 Å². The van der Waals surface area contributed by atoms with Gasteiger partial charge in [0, 0.05) is 30.6 Å². The Morgan fingerprint density at radius 3 is 2.58 bits per heavy atom. The summed E-state index contributed by atoms with van der Waals surface area (Å²) in [6, 6.07) is 15.3. The number of anilines is 1. The second kappa shape index (κ2) is 9.98. The molecule has 2 heterocycles. The van der Waals surface area contributed by atoms with Crippen LogP contribution in [0.25, 0.3) is 11.4 Å². The number of aromatic nitrogens is 2. The number of carbonyl (C=O) groups is 2. The minimum atomic E-state index is -0.336. The van der Waals surface area contributed by atoms with Gasteiger partial charge in [0.05, 0.1) is 5.69 Å². The van der Waals surface area contributed by atoms with Crippen molar-refractivity contribution in [2.45, 2.75) is 58.1 Å². The molecule has 1 fully saturated rings. The van der Waals surface area contributed by atoms with Crippen LogP contribution in [0, 0.1) is 5.82 Å². The summed E-state index contributed by atoms with van der Waals surface area (Å²) in [6.07, 6.45) is 2.57. The largest absolute Gasteiger partial charge is 0.462 e. The molecule has 2 aromatic carbocycles. The standard InChI is InChI=1S/C26H28FN3O3/c1-17(2)24-23(26(32)28-20-7-4-3-5-8-20)29-25(18-11-13-19(27)14-12-18)30(24)16-15-21-9-6-10-22(31)33-21/h3-5,7-8,11-14,17,21H,6,9-10,15-16H2,1-2H3,(H,28,32). The molecule has 1 N–H and O–H groups in total. The number of nitrogens with one attached hydrogen (secondary N) is 1. The SMILES string of the molecule is CC(C)c1c(C(=O)Nc2ccccc2)nc(-c2ccc(F)cc2)n1CCC1CCCC(=O)O1. The van der Waals surface area contributed by atoms with Gasteiger partial charge < -0.3 is 14.6 Å². The zero-order valence-corrected chi connectivity index (χ0v) is 18.9. The van der Waals surface area contributed by atoms with E-state index in [9.17, 15) is 14.0 Å². The molecule has 1 saturated heterocycles. The first-order chi connectivity index (χ1) is 15.9. The average molecular weight is 450 g/mol. The van der Waals surface area contributed by atoms with Gasteiger partial charge in [-0.3, -0.25) is 9.59 Å². The lowest BCUT2D eigenvalue weighted by Gasteiger charge is -2.23. The van der Waals surface area contributed by atoms with Gasteiger partial charge in [0.25, 0.3) is 5.91 Å². The number of hydrogen-bond donors (Lipinski definition) is 1. The summed E-state index contributed by atoms with van der Waals surface area (Å²) >= 11 is 0. The first-order valence-electron chi connectivity index (χ1n) is 11.3. The molecule has 4 rings (SSSR count). The summed E-state index contributed by atoms with van der Waals surface area (Å²) in [4.78, 5) is 29.7. The number of ether oxygens (including phenoxy) is 1. The Morgan fingerprint density at radius 2 is 1.91 bits per heavy atom. The lowest BCUT2D eigenvalue weighted by atomic mass is 10.0. The maximum atomic E-state index is 13.6. The molecule has 7 heteroatoms. The second-order valence-electron chi connectivity index (χ2n) is 8.60. The van der Waals surface area contributed by atoms with Crippen molar-refractivity contribution in [2.75, 3.05) is 5.32 Å². The predicted molar refractivity (Wildman–Crippen MR) is 124 cm³/mol. The van der Waals surface area contributed by atoms with Crippen LogP contribution in [0.15, 0.2) is 54.6 Å². The molecule has 1 aliphatic rings. The molecule has 1 amide bonds. The monoisotopic (exact) mass is 449 g/mol. The number of nitrogens with zero attached hydrogens (tertiary/aromatic N) is 2. The van der Waals surface area contributed by atoms with Gasteiger partial charge in [0.1, 0.15) is 17.7 Å². The van der Waals surface area contributed by atoms with Crippen LogP contribution in [0.5, 0.6) is 0 Å². The Kier molecular flexibility index (Phi) is 6.87. The van der Waals surface area contributed by atoms with E-state index >= 15 is 0 Å². The van der Waals surface area contributed by atoms with E-state index in [0.29, 0.717) is 36.6 Å². The molecule has 0 bridgehead atoms. The minimum Gasteiger partial charge on any atom is -0.462 e. The van der Waals surface area contributed by atoms with Crippen molar-refractivity contribution in [3.8, 4) is 11.4 Å². The van der Waals surface area contributed by atoms with Crippen LogP contribution < -0.4 is 5.32 Å². The molecular weight excluding hydrogens is 421 g/mol. The van der Waals surface area contributed by atoms with Crippen LogP contribution in [0.3, 0.4) is 0 Å². The van der Waals surface area contributed by atoms with E-state index < -0.39 is 0 Å². The number of hydrogen-bond acceptors (Lipinski definition) is 4. The number of cyclic esters (lactones) is 1. The average Bonchev–Trinajstić information content (AvgIpc) is 3.19. The van der Waals surface area contributed by atoms with E-state index in [1.165, 1.54) is 12.1 Å². The zero-order valence-electron chi connectivity index (χ0n) is 18.9. The van der Waals surface area contributed by atoms with Crippen LogP contribution in [-0.4, -0.2) is 27.5 Å². The predicted octanol–water partition coefficient (Wildman–Crippen LogP) is 5.55. The van der Waals surface area contributed by atoms with E-state index in [4.69, 9.17) is 9.72 Å². The van der Waals surface area contributed by atoms with Crippen LogP contribution in [0.4, 0.5) is 10.1 Å². The zero-order chi connectivity index (χ0) is 23.4. The highest BCUT2D eigenvalue weighted by Crippen LogP contribution is 2.30. The summed E-state index contributed by atoms with van der Waals surface area (Å²) in [5, 5.41) is 2.92. The molecule has 172 valence electrons. The summed E-state index contributed by atoms with van der Waals surface area (Å²) in [5.74, 6) is -0.188. The van der Waals surface area contributed by atoms with Gasteiger partial charge in [-0.1, -0.05) is 32.0 Å². The Hall–Kier alpha value is -3.48. The van der Waals surface area contributed by atoms with Gasteiger partial charge in [-0.2, -0.15) is 0 Å². The number of halogens is 1. The van der Waals surface area contributed by atoms with Crippen molar-refractivity contribution < 1.29 is 18.7 Å². The number of rotatable bonds is 7.